The summed E-state index contributed by atoms with van der Waals surface area (Å²) in [7, 11) is 1.52. The molecule has 0 bridgehead atoms. The normalized spacial score (nSPS) is 13.5. The van der Waals surface area contributed by atoms with Crippen LogP contribution in [0.1, 0.15) is 63.7 Å². The Balaban J connectivity index is 0.00000481. The number of hydrogen-bond donors (Lipinski definition) is 2. The van der Waals surface area contributed by atoms with Crippen molar-refractivity contribution in [1.29, 1.82) is 0 Å². The van der Waals surface area contributed by atoms with Crippen LogP contribution < -0.4 is 0 Å². The first-order valence-electron chi connectivity index (χ1n) is 16.9. The van der Waals surface area contributed by atoms with Crippen LogP contribution in [0.25, 0.3) is 11.1 Å². The fourth-order valence-corrected chi connectivity index (χ4v) is 7.38. The van der Waals surface area contributed by atoms with E-state index in [2.05, 4.69) is 51.8 Å². The minimum absolute atomic E-state index is 0. The third-order valence-corrected chi connectivity index (χ3v) is 9.57. The molecule has 1 aromatic heterocycles. The zero-order chi connectivity index (χ0) is 36.3. The van der Waals surface area contributed by atoms with Crippen molar-refractivity contribution in [1.82, 2.24) is 9.55 Å². The molecule has 5 aromatic carbocycles. The zero-order valence-corrected chi connectivity index (χ0v) is 29.1. The van der Waals surface area contributed by atoms with Gasteiger partial charge >= 0.3 is 24.8 Å². The van der Waals surface area contributed by atoms with Crippen LogP contribution in [-0.2, 0) is 34.6 Å². The summed E-state index contributed by atoms with van der Waals surface area (Å²) in [6.45, 7) is 3.33. The van der Waals surface area contributed by atoms with E-state index in [0.29, 0.717) is 5.82 Å². The van der Waals surface area contributed by atoms with Crippen LogP contribution in [0.3, 0.4) is 0 Å². The number of nitrogens with zero attached hydrogens (tertiary/aromatic N) is 6. The molecule has 0 saturated carbocycles. The van der Waals surface area contributed by atoms with Crippen LogP contribution in [0, 0.1) is 0 Å². The SMILES string of the molecule is COCc1nc(C(C)(C)O)c(C(=O)O)n1Cc1ccc(-c2ccccc2C2(C(c3ccccc3)(c3ccccc3)c3ccccc3)N=NN=N2)cc1.[LiH]. The van der Waals surface area contributed by atoms with Gasteiger partial charge in [-0.3, -0.25) is 0 Å². The molecule has 0 fully saturated rings. The number of methoxy groups -OCH3 is 1. The van der Waals surface area contributed by atoms with Crippen molar-refractivity contribution in [3.63, 3.8) is 0 Å². The number of aromatic nitrogens is 2. The van der Waals surface area contributed by atoms with Crippen LogP contribution in [0.5, 0.6) is 0 Å². The molecular weight excluding hydrogens is 659 g/mol. The van der Waals surface area contributed by atoms with Gasteiger partial charge in [0.1, 0.15) is 23.7 Å². The number of ether oxygens (including phenoxy) is 1. The molecule has 0 spiro atoms. The van der Waals surface area contributed by atoms with Crippen LogP contribution in [0.4, 0.5) is 0 Å². The van der Waals surface area contributed by atoms with Crippen LogP contribution in [-0.4, -0.2) is 51.7 Å². The molecule has 2 N–H and O–H groups in total. The second kappa shape index (κ2) is 15.2. The summed E-state index contributed by atoms with van der Waals surface area (Å²) in [6.07, 6.45) is 0. The molecule has 0 amide bonds. The van der Waals surface area contributed by atoms with Gasteiger partial charge in [0.25, 0.3) is 0 Å². The molecule has 0 radical (unpaired) electrons. The van der Waals surface area contributed by atoms with E-state index in [-0.39, 0.29) is 43.4 Å². The third-order valence-electron chi connectivity index (χ3n) is 9.57. The Kier molecular flexibility index (Phi) is 10.7. The van der Waals surface area contributed by atoms with E-state index in [1.54, 1.807) is 4.57 Å². The van der Waals surface area contributed by atoms with E-state index in [0.717, 1.165) is 38.9 Å². The van der Waals surface area contributed by atoms with Crippen molar-refractivity contribution >= 4 is 24.8 Å². The second-order valence-corrected chi connectivity index (χ2v) is 13.3. The molecule has 0 atom stereocenters. The molecule has 2 heterocycles. The van der Waals surface area contributed by atoms with E-state index in [1.165, 1.54) is 21.0 Å². The van der Waals surface area contributed by atoms with Gasteiger partial charge in [0, 0.05) is 19.2 Å². The van der Waals surface area contributed by atoms with Crippen molar-refractivity contribution in [2.75, 3.05) is 7.11 Å². The Morgan fingerprint density at radius 1 is 0.736 bits per heavy atom. The number of carboxylic acids is 1. The second-order valence-electron chi connectivity index (χ2n) is 13.3. The number of imidazole rings is 1. The Morgan fingerprint density at radius 3 is 1.70 bits per heavy atom. The molecule has 262 valence electrons. The molecule has 7 rings (SSSR count). The van der Waals surface area contributed by atoms with Crippen molar-refractivity contribution < 1.29 is 19.7 Å². The number of rotatable bonds is 12. The standard InChI is InChI=1S/C42H38N6O4.Li.H/c1-40(2,51)38-37(39(49)50)48(36(43-38)28-52-3)27-29-23-25-30(26-24-29)34-21-13-14-22-35(34)42(44-46-47-45-42)41(31-15-7-4-8-16-31,32-17-9-5-10-18-32)33-19-11-6-12-20-33;;/h4-26,51H,27-28H2,1-3H3,(H,49,50);;. The number of carbonyl (C=O) groups is 1. The summed E-state index contributed by atoms with van der Waals surface area (Å²) in [5, 5.41) is 39.3. The Hall–Kier alpha value is -5.50. The number of hydrogen-bond acceptors (Lipinski definition) is 8. The topological polar surface area (TPSA) is 134 Å². The van der Waals surface area contributed by atoms with Gasteiger partial charge in [-0.25, -0.2) is 9.78 Å². The van der Waals surface area contributed by atoms with Crippen molar-refractivity contribution in [3.05, 3.63) is 185 Å². The van der Waals surface area contributed by atoms with Gasteiger partial charge in [0.15, 0.2) is 5.69 Å². The van der Waals surface area contributed by atoms with Crippen LogP contribution >= 0.6 is 0 Å². The molecule has 10 nitrogen and oxygen atoms in total. The summed E-state index contributed by atoms with van der Waals surface area (Å²) in [6, 6.07) is 46.7. The van der Waals surface area contributed by atoms with Gasteiger partial charge in [0.05, 0.1) is 5.41 Å². The first-order chi connectivity index (χ1) is 25.2. The predicted octanol–water partition coefficient (Wildman–Crippen LogP) is 8.04. The molecular formula is C42H39LiN6O4. The fourth-order valence-electron chi connectivity index (χ4n) is 7.38. The van der Waals surface area contributed by atoms with Crippen molar-refractivity contribution in [3.8, 4) is 11.1 Å². The van der Waals surface area contributed by atoms with Crippen LogP contribution in [0.15, 0.2) is 160 Å². The Bertz CT molecular complexity index is 2140. The molecule has 6 aromatic rings. The number of carboxylic acid groups (broad SMARTS) is 1. The van der Waals surface area contributed by atoms with Crippen LogP contribution in [0.2, 0.25) is 0 Å². The fraction of sp³-hybridized carbons (Fsp3) is 0.190. The quantitative estimate of drug-likeness (QED) is 0.0986. The molecule has 1 aliphatic rings. The summed E-state index contributed by atoms with van der Waals surface area (Å²) < 4.78 is 6.94. The van der Waals surface area contributed by atoms with E-state index < -0.39 is 22.6 Å². The maximum absolute atomic E-state index is 12.5. The first kappa shape index (κ1) is 37.3. The Labute approximate surface area is 320 Å². The first-order valence-corrected chi connectivity index (χ1v) is 16.9. The maximum atomic E-state index is 12.5. The molecule has 0 unspecified atom stereocenters. The van der Waals surface area contributed by atoms with Crippen molar-refractivity contribution in [2.45, 2.75) is 43.7 Å². The van der Waals surface area contributed by atoms with Gasteiger partial charge in [-0.1, -0.05) is 140 Å². The third kappa shape index (κ3) is 6.56. The number of aromatic carboxylic acids is 1. The molecule has 0 aliphatic carbocycles. The van der Waals surface area contributed by atoms with E-state index >= 15 is 0 Å². The van der Waals surface area contributed by atoms with Gasteiger partial charge in [0.2, 0.25) is 5.66 Å². The summed E-state index contributed by atoms with van der Waals surface area (Å²) in [4.78, 5) is 17.0. The minimum atomic E-state index is -1.46. The van der Waals surface area contributed by atoms with E-state index in [9.17, 15) is 15.0 Å². The van der Waals surface area contributed by atoms with Gasteiger partial charge in [-0.05, 0) is 57.7 Å². The molecule has 1 aliphatic heterocycles. The van der Waals surface area contributed by atoms with Gasteiger partial charge < -0.3 is 19.5 Å². The molecule has 53 heavy (non-hydrogen) atoms. The average Bonchev–Trinajstić information content (AvgIpc) is 3.81. The van der Waals surface area contributed by atoms with E-state index in [4.69, 9.17) is 15.0 Å². The summed E-state index contributed by atoms with van der Waals surface area (Å²) >= 11 is 0. The number of benzene rings is 5. The predicted molar refractivity (Wildman–Crippen MR) is 204 cm³/mol. The average molecular weight is 699 g/mol. The van der Waals surface area contributed by atoms with Gasteiger partial charge in [-0.15, -0.1) is 10.2 Å². The zero-order valence-electron chi connectivity index (χ0n) is 29.1. The Morgan fingerprint density at radius 2 is 1.23 bits per heavy atom. The molecule has 0 saturated heterocycles. The van der Waals surface area contributed by atoms with Gasteiger partial charge in [-0.2, -0.15) is 0 Å². The van der Waals surface area contributed by atoms with Crippen molar-refractivity contribution in [2.24, 2.45) is 20.7 Å². The molecule has 11 heteroatoms. The number of aliphatic hydroxyl groups is 1. The summed E-state index contributed by atoms with van der Waals surface area (Å²) in [5.74, 6) is -0.772. The summed E-state index contributed by atoms with van der Waals surface area (Å²) in [5.41, 5.74) is 2.58. The monoisotopic (exact) mass is 698 g/mol. The van der Waals surface area contributed by atoms with E-state index in [1.807, 2.05) is 103 Å².